The number of rotatable bonds is 4. The summed E-state index contributed by atoms with van der Waals surface area (Å²) in [5.41, 5.74) is 0.393. The first-order chi connectivity index (χ1) is 6.85. The van der Waals surface area contributed by atoms with Crippen molar-refractivity contribution in [2.24, 2.45) is 5.41 Å². The molecule has 0 amide bonds. The van der Waals surface area contributed by atoms with E-state index in [1.807, 2.05) is 0 Å². The van der Waals surface area contributed by atoms with Gasteiger partial charge in [0.1, 0.15) is 0 Å². The van der Waals surface area contributed by atoms with Crippen molar-refractivity contribution in [1.82, 2.24) is 5.32 Å². The van der Waals surface area contributed by atoms with Gasteiger partial charge in [-0.3, -0.25) is 0 Å². The lowest BCUT2D eigenvalue weighted by Gasteiger charge is -2.28. The predicted octanol–water partition coefficient (Wildman–Crippen LogP) is 2.16. The lowest BCUT2D eigenvalue weighted by Crippen LogP contribution is -2.39. The van der Waals surface area contributed by atoms with Crippen molar-refractivity contribution in [2.75, 3.05) is 25.6 Å². The fourth-order valence-corrected chi connectivity index (χ4v) is 2.90. The van der Waals surface area contributed by atoms with Crippen molar-refractivity contribution in [3.8, 4) is 0 Å². The fourth-order valence-electron chi connectivity index (χ4n) is 2.54. The quantitative estimate of drug-likeness (QED) is 0.729. The molecule has 1 heterocycles. The third-order valence-corrected chi connectivity index (χ3v) is 4.21. The van der Waals surface area contributed by atoms with Crippen molar-refractivity contribution in [3.05, 3.63) is 0 Å². The maximum atomic E-state index is 6.08. The summed E-state index contributed by atoms with van der Waals surface area (Å²) in [5.74, 6) is 0.813. The van der Waals surface area contributed by atoms with Crippen LogP contribution in [0.2, 0.25) is 0 Å². The van der Waals surface area contributed by atoms with Gasteiger partial charge in [-0.05, 0) is 24.7 Å². The van der Waals surface area contributed by atoms with Crippen LogP contribution in [-0.4, -0.2) is 31.7 Å². The highest BCUT2D eigenvalue weighted by molar-refractivity contribution is 6.18. The summed E-state index contributed by atoms with van der Waals surface area (Å²) in [7, 11) is 0. The number of halogens is 1. The van der Waals surface area contributed by atoms with Gasteiger partial charge in [0.05, 0.1) is 6.61 Å². The number of hydrogen-bond acceptors (Lipinski definition) is 2. The molecule has 14 heavy (non-hydrogen) atoms. The number of nitrogens with one attached hydrogen (secondary N) is 1. The van der Waals surface area contributed by atoms with Crippen molar-refractivity contribution in [1.29, 1.82) is 0 Å². The highest BCUT2D eigenvalue weighted by Crippen LogP contribution is 2.38. The van der Waals surface area contributed by atoms with Gasteiger partial charge in [-0.1, -0.05) is 12.8 Å². The Kier molecular flexibility index (Phi) is 3.69. The average Bonchev–Trinajstić information content (AvgIpc) is 2.87. The maximum absolute atomic E-state index is 6.08. The summed E-state index contributed by atoms with van der Waals surface area (Å²) in [4.78, 5) is 0. The number of hydrogen-bond donors (Lipinski definition) is 1. The Hall–Kier alpha value is 0.210. The van der Waals surface area contributed by atoms with Crippen LogP contribution in [0, 0.1) is 5.41 Å². The highest BCUT2D eigenvalue weighted by Gasteiger charge is 2.33. The monoisotopic (exact) mass is 217 g/mol. The Labute approximate surface area is 91.3 Å². The minimum atomic E-state index is 0.393. The smallest absolute Gasteiger partial charge is 0.0620 e. The third kappa shape index (κ3) is 2.41. The van der Waals surface area contributed by atoms with Crippen LogP contribution in [0.25, 0.3) is 0 Å². The highest BCUT2D eigenvalue weighted by atomic mass is 35.5. The minimum absolute atomic E-state index is 0.393. The summed E-state index contributed by atoms with van der Waals surface area (Å²) in [6.45, 7) is 2.90. The van der Waals surface area contributed by atoms with Gasteiger partial charge in [-0.15, -0.1) is 11.6 Å². The fraction of sp³-hybridized carbons (Fsp3) is 1.00. The molecule has 0 bridgehead atoms. The van der Waals surface area contributed by atoms with E-state index in [0.717, 1.165) is 25.6 Å². The standard InChI is InChI=1S/C11H20ClNO/c12-8-11(4-1-2-5-11)9-13-10-3-6-14-7-10/h10,13H,1-9H2. The summed E-state index contributed by atoms with van der Waals surface area (Å²) in [5, 5.41) is 3.61. The molecule has 0 aromatic rings. The summed E-state index contributed by atoms with van der Waals surface area (Å²) in [6, 6.07) is 0.579. The van der Waals surface area contributed by atoms with E-state index < -0.39 is 0 Å². The normalized spacial score (nSPS) is 31.1. The number of alkyl halides is 1. The van der Waals surface area contributed by atoms with Crippen molar-refractivity contribution in [2.45, 2.75) is 38.1 Å². The van der Waals surface area contributed by atoms with Crippen LogP contribution >= 0.6 is 11.6 Å². The molecular formula is C11H20ClNO. The molecule has 1 N–H and O–H groups in total. The van der Waals surface area contributed by atoms with Crippen molar-refractivity contribution in [3.63, 3.8) is 0 Å². The summed E-state index contributed by atoms with van der Waals surface area (Å²) in [6.07, 6.45) is 6.48. The molecule has 2 rings (SSSR count). The predicted molar refractivity (Wildman–Crippen MR) is 58.8 cm³/mol. The Morgan fingerprint density at radius 2 is 2.14 bits per heavy atom. The lowest BCUT2D eigenvalue weighted by molar-refractivity contribution is 0.186. The minimum Gasteiger partial charge on any atom is -0.380 e. The molecule has 1 aliphatic carbocycles. The van der Waals surface area contributed by atoms with Crippen LogP contribution in [0.15, 0.2) is 0 Å². The van der Waals surface area contributed by atoms with Crippen LogP contribution in [0.3, 0.4) is 0 Å². The lowest BCUT2D eigenvalue weighted by atomic mass is 9.88. The topological polar surface area (TPSA) is 21.3 Å². The van der Waals surface area contributed by atoms with Gasteiger partial charge < -0.3 is 10.1 Å². The van der Waals surface area contributed by atoms with Gasteiger partial charge in [0, 0.05) is 25.1 Å². The molecule has 2 aliphatic rings. The molecule has 1 aliphatic heterocycles. The Bertz CT molecular complexity index is 174. The average molecular weight is 218 g/mol. The number of ether oxygens (including phenoxy) is 1. The van der Waals surface area contributed by atoms with Crippen molar-refractivity contribution < 1.29 is 4.74 Å². The van der Waals surface area contributed by atoms with E-state index in [1.54, 1.807) is 0 Å². The van der Waals surface area contributed by atoms with Gasteiger partial charge in [0.25, 0.3) is 0 Å². The van der Waals surface area contributed by atoms with E-state index in [9.17, 15) is 0 Å². The van der Waals surface area contributed by atoms with E-state index in [-0.39, 0.29) is 0 Å². The zero-order valence-electron chi connectivity index (χ0n) is 8.73. The van der Waals surface area contributed by atoms with Crippen LogP contribution < -0.4 is 5.32 Å². The molecule has 82 valence electrons. The second-order valence-corrected chi connectivity index (χ2v) is 5.05. The van der Waals surface area contributed by atoms with E-state index in [1.165, 1.54) is 32.1 Å². The largest absolute Gasteiger partial charge is 0.380 e. The van der Waals surface area contributed by atoms with Gasteiger partial charge in [-0.2, -0.15) is 0 Å². The Balaban J connectivity index is 1.76. The van der Waals surface area contributed by atoms with Crippen LogP contribution in [-0.2, 0) is 4.74 Å². The first-order valence-corrected chi connectivity index (χ1v) is 6.25. The van der Waals surface area contributed by atoms with E-state index in [4.69, 9.17) is 16.3 Å². The van der Waals surface area contributed by atoms with Crippen LogP contribution in [0.1, 0.15) is 32.1 Å². The van der Waals surface area contributed by atoms with Gasteiger partial charge in [0.15, 0.2) is 0 Å². The zero-order chi connectivity index (χ0) is 9.86. The van der Waals surface area contributed by atoms with Crippen LogP contribution in [0.4, 0.5) is 0 Å². The van der Waals surface area contributed by atoms with E-state index in [2.05, 4.69) is 5.32 Å². The van der Waals surface area contributed by atoms with Gasteiger partial charge in [0.2, 0.25) is 0 Å². The molecule has 2 nitrogen and oxygen atoms in total. The zero-order valence-corrected chi connectivity index (χ0v) is 9.48. The van der Waals surface area contributed by atoms with Crippen LogP contribution in [0.5, 0.6) is 0 Å². The summed E-state index contributed by atoms with van der Waals surface area (Å²) >= 11 is 6.08. The molecule has 1 unspecified atom stereocenters. The molecular weight excluding hydrogens is 198 g/mol. The van der Waals surface area contributed by atoms with E-state index in [0.29, 0.717) is 11.5 Å². The molecule has 0 radical (unpaired) electrons. The molecule has 1 saturated heterocycles. The van der Waals surface area contributed by atoms with E-state index >= 15 is 0 Å². The first-order valence-electron chi connectivity index (χ1n) is 5.72. The Morgan fingerprint density at radius 1 is 1.36 bits per heavy atom. The van der Waals surface area contributed by atoms with Gasteiger partial charge in [-0.25, -0.2) is 0 Å². The molecule has 1 saturated carbocycles. The Morgan fingerprint density at radius 3 is 2.71 bits per heavy atom. The molecule has 2 fully saturated rings. The molecule has 0 spiro atoms. The molecule has 0 aromatic heterocycles. The second kappa shape index (κ2) is 4.82. The maximum Gasteiger partial charge on any atom is 0.0620 e. The third-order valence-electron chi connectivity index (χ3n) is 3.64. The second-order valence-electron chi connectivity index (χ2n) is 4.78. The first kappa shape index (κ1) is 10.7. The SMILES string of the molecule is ClCC1(CNC2CCOC2)CCCC1. The summed E-state index contributed by atoms with van der Waals surface area (Å²) < 4.78 is 5.34. The molecule has 3 heteroatoms. The van der Waals surface area contributed by atoms with Crippen molar-refractivity contribution >= 4 is 11.6 Å². The van der Waals surface area contributed by atoms with Gasteiger partial charge >= 0.3 is 0 Å². The molecule has 0 aromatic carbocycles. The molecule has 1 atom stereocenters.